The summed E-state index contributed by atoms with van der Waals surface area (Å²) in [5.41, 5.74) is 0. The molecule has 0 fully saturated rings. The zero-order chi connectivity index (χ0) is 9.78. The standard InChI is InChI=1S/C6H12O3S3/c1-4-11-5(7)6(10-2)12(3,8)9/h6H,4H2,1-3H3. The summed E-state index contributed by atoms with van der Waals surface area (Å²) in [7, 11) is -3.24. The number of thioether (sulfide) groups is 2. The second kappa shape index (κ2) is 5.14. The van der Waals surface area contributed by atoms with E-state index in [0.29, 0.717) is 5.75 Å². The lowest BCUT2D eigenvalue weighted by atomic mass is 10.9. The van der Waals surface area contributed by atoms with Crippen molar-refractivity contribution in [2.24, 2.45) is 0 Å². The van der Waals surface area contributed by atoms with E-state index in [1.807, 2.05) is 6.92 Å². The van der Waals surface area contributed by atoms with Crippen LogP contribution in [0.15, 0.2) is 0 Å². The maximum absolute atomic E-state index is 11.2. The van der Waals surface area contributed by atoms with Crippen LogP contribution in [0.3, 0.4) is 0 Å². The third kappa shape index (κ3) is 3.82. The fourth-order valence-corrected chi connectivity index (χ4v) is 4.24. The highest BCUT2D eigenvalue weighted by molar-refractivity contribution is 8.21. The highest BCUT2D eigenvalue weighted by atomic mass is 32.3. The minimum Gasteiger partial charge on any atom is -0.285 e. The zero-order valence-corrected chi connectivity index (χ0v) is 9.68. The Kier molecular flexibility index (Phi) is 5.27. The van der Waals surface area contributed by atoms with Gasteiger partial charge in [0.05, 0.1) is 0 Å². The van der Waals surface area contributed by atoms with Crippen molar-refractivity contribution in [3.63, 3.8) is 0 Å². The summed E-state index contributed by atoms with van der Waals surface area (Å²) in [5.74, 6) is 0.616. The maximum atomic E-state index is 11.2. The zero-order valence-electron chi connectivity index (χ0n) is 7.23. The smallest absolute Gasteiger partial charge is 0.217 e. The average molecular weight is 228 g/mol. The number of rotatable bonds is 4. The summed E-state index contributed by atoms with van der Waals surface area (Å²) in [4.78, 5) is 11.2. The lowest BCUT2D eigenvalue weighted by Gasteiger charge is -2.08. The van der Waals surface area contributed by atoms with E-state index in [0.717, 1.165) is 29.8 Å². The molecule has 1 unspecified atom stereocenters. The van der Waals surface area contributed by atoms with Crippen LogP contribution in [0.1, 0.15) is 6.92 Å². The van der Waals surface area contributed by atoms with E-state index in [1.165, 1.54) is 0 Å². The van der Waals surface area contributed by atoms with Crippen molar-refractivity contribution in [1.29, 1.82) is 0 Å². The molecule has 1 atom stereocenters. The van der Waals surface area contributed by atoms with E-state index >= 15 is 0 Å². The Hall–Kier alpha value is 0.320. The molecule has 0 rings (SSSR count). The van der Waals surface area contributed by atoms with Crippen LogP contribution in [0.4, 0.5) is 0 Å². The minimum absolute atomic E-state index is 0.271. The predicted molar refractivity (Wildman–Crippen MR) is 55.3 cm³/mol. The van der Waals surface area contributed by atoms with Gasteiger partial charge in [-0.3, -0.25) is 4.79 Å². The summed E-state index contributed by atoms with van der Waals surface area (Å²) in [5, 5.41) is -0.271. The van der Waals surface area contributed by atoms with Gasteiger partial charge < -0.3 is 0 Å². The molecule has 3 nitrogen and oxygen atoms in total. The number of sulfone groups is 1. The van der Waals surface area contributed by atoms with E-state index in [1.54, 1.807) is 6.26 Å². The molecule has 0 aliphatic rings. The van der Waals surface area contributed by atoms with E-state index < -0.39 is 14.4 Å². The second-order valence-corrected chi connectivity index (χ2v) is 6.79. The summed E-state index contributed by atoms with van der Waals surface area (Å²) in [6.07, 6.45) is 2.71. The molecule has 12 heavy (non-hydrogen) atoms. The summed E-state index contributed by atoms with van der Waals surface area (Å²) in [6, 6.07) is 0. The van der Waals surface area contributed by atoms with Gasteiger partial charge >= 0.3 is 0 Å². The average Bonchev–Trinajstić information content (AvgIpc) is 1.85. The molecule has 0 aliphatic carbocycles. The van der Waals surface area contributed by atoms with E-state index in [4.69, 9.17) is 0 Å². The molecule has 0 aromatic rings. The van der Waals surface area contributed by atoms with Gasteiger partial charge in [0, 0.05) is 6.26 Å². The van der Waals surface area contributed by atoms with Crippen molar-refractivity contribution >= 4 is 38.5 Å². The molecule has 72 valence electrons. The predicted octanol–water partition coefficient (Wildman–Crippen LogP) is 1.000. The van der Waals surface area contributed by atoms with Gasteiger partial charge in [0.1, 0.15) is 0 Å². The molecule has 0 saturated heterocycles. The van der Waals surface area contributed by atoms with Gasteiger partial charge in [-0.25, -0.2) is 8.42 Å². The molecular formula is C6H12O3S3. The van der Waals surface area contributed by atoms with Crippen LogP contribution in [-0.4, -0.2) is 36.4 Å². The van der Waals surface area contributed by atoms with Crippen LogP contribution >= 0.6 is 23.5 Å². The number of hydrogen-bond acceptors (Lipinski definition) is 5. The molecule has 0 bridgehead atoms. The SMILES string of the molecule is CCSC(=O)C(SC)S(C)(=O)=O. The van der Waals surface area contributed by atoms with Crippen molar-refractivity contribution in [1.82, 2.24) is 0 Å². The van der Waals surface area contributed by atoms with Gasteiger partial charge in [-0.05, 0) is 12.0 Å². The molecule has 6 heteroatoms. The lowest BCUT2D eigenvalue weighted by Crippen LogP contribution is -2.23. The molecule has 0 heterocycles. The first-order valence-corrected chi connectivity index (χ1v) is 7.54. The van der Waals surface area contributed by atoms with E-state index in [-0.39, 0.29) is 5.12 Å². The second-order valence-electron chi connectivity index (χ2n) is 2.15. The largest absolute Gasteiger partial charge is 0.285 e. The number of carbonyl (C=O) groups excluding carboxylic acids is 1. The Morgan fingerprint density at radius 1 is 1.50 bits per heavy atom. The van der Waals surface area contributed by atoms with Crippen LogP contribution in [0.5, 0.6) is 0 Å². The first kappa shape index (κ1) is 12.3. The lowest BCUT2D eigenvalue weighted by molar-refractivity contribution is -0.109. The fourth-order valence-electron chi connectivity index (χ4n) is 0.656. The minimum atomic E-state index is -3.24. The third-order valence-electron chi connectivity index (χ3n) is 1.08. The molecule has 0 saturated carbocycles. The highest BCUT2D eigenvalue weighted by Crippen LogP contribution is 2.20. The van der Waals surface area contributed by atoms with Crippen molar-refractivity contribution in [3.8, 4) is 0 Å². The number of hydrogen-bond donors (Lipinski definition) is 0. The maximum Gasteiger partial charge on any atom is 0.217 e. The van der Waals surface area contributed by atoms with Crippen LogP contribution < -0.4 is 0 Å². The molecule has 0 amide bonds. The molecule has 0 radical (unpaired) electrons. The van der Waals surface area contributed by atoms with Crippen LogP contribution in [-0.2, 0) is 14.6 Å². The molecule has 0 aliphatic heterocycles. The van der Waals surface area contributed by atoms with Gasteiger partial charge in [-0.1, -0.05) is 18.7 Å². The summed E-state index contributed by atoms with van der Waals surface area (Å²) >= 11 is 2.12. The van der Waals surface area contributed by atoms with Gasteiger partial charge in [0.25, 0.3) is 0 Å². The topological polar surface area (TPSA) is 51.2 Å². The van der Waals surface area contributed by atoms with Crippen LogP contribution in [0.2, 0.25) is 0 Å². The summed E-state index contributed by atoms with van der Waals surface area (Å²) < 4.78 is 21.1. The number of carbonyl (C=O) groups is 1. The molecule has 0 aromatic heterocycles. The molecular weight excluding hydrogens is 216 g/mol. The van der Waals surface area contributed by atoms with Gasteiger partial charge in [-0.15, -0.1) is 11.8 Å². The van der Waals surface area contributed by atoms with Gasteiger partial charge in [0.15, 0.2) is 14.4 Å². The van der Waals surface area contributed by atoms with Crippen molar-refractivity contribution in [2.45, 2.75) is 11.5 Å². The fraction of sp³-hybridized carbons (Fsp3) is 0.833. The Balaban J connectivity index is 4.47. The quantitative estimate of drug-likeness (QED) is 0.718. The highest BCUT2D eigenvalue weighted by Gasteiger charge is 2.27. The van der Waals surface area contributed by atoms with Crippen LogP contribution in [0, 0.1) is 0 Å². The Morgan fingerprint density at radius 3 is 2.25 bits per heavy atom. The first-order chi connectivity index (χ1) is 5.43. The third-order valence-corrected chi connectivity index (χ3v) is 5.45. The summed E-state index contributed by atoms with van der Waals surface area (Å²) in [6.45, 7) is 1.82. The Labute approximate surface area is 81.6 Å². The van der Waals surface area contributed by atoms with Crippen molar-refractivity contribution in [3.05, 3.63) is 0 Å². The van der Waals surface area contributed by atoms with Gasteiger partial charge in [-0.2, -0.15) is 0 Å². The monoisotopic (exact) mass is 228 g/mol. The van der Waals surface area contributed by atoms with Crippen molar-refractivity contribution < 1.29 is 13.2 Å². The van der Waals surface area contributed by atoms with E-state index in [2.05, 4.69) is 0 Å². The van der Waals surface area contributed by atoms with Crippen LogP contribution in [0.25, 0.3) is 0 Å². The molecule has 0 spiro atoms. The van der Waals surface area contributed by atoms with Gasteiger partial charge in [0.2, 0.25) is 5.12 Å². The molecule has 0 N–H and O–H groups in total. The Morgan fingerprint density at radius 2 is 2.00 bits per heavy atom. The normalized spacial score (nSPS) is 14.2. The van der Waals surface area contributed by atoms with E-state index in [9.17, 15) is 13.2 Å². The Bertz CT molecular complexity index is 245. The molecule has 0 aromatic carbocycles. The van der Waals surface area contributed by atoms with Crippen molar-refractivity contribution in [2.75, 3.05) is 18.3 Å². The first-order valence-electron chi connectivity index (χ1n) is 3.31.